The highest BCUT2D eigenvalue weighted by atomic mass is 16.3. The second-order valence-corrected chi connectivity index (χ2v) is 7.31. The number of aliphatic hydroxyl groups excluding tert-OH is 1. The first kappa shape index (κ1) is 13.0. The van der Waals surface area contributed by atoms with Gasteiger partial charge in [-0.05, 0) is 50.1 Å². The highest BCUT2D eigenvalue weighted by molar-refractivity contribution is 5.85. The molecule has 0 aromatic carbocycles. The smallest absolute Gasteiger partial charge is 0.0868 e. The molecule has 4 aliphatic rings. The average Bonchev–Trinajstić information content (AvgIpc) is 2.89. The lowest BCUT2D eigenvalue weighted by molar-refractivity contribution is -0.0285. The van der Waals surface area contributed by atoms with Gasteiger partial charge in [0.05, 0.1) is 23.5 Å². The van der Waals surface area contributed by atoms with Crippen molar-refractivity contribution in [3.05, 3.63) is 23.7 Å². The molecule has 3 saturated heterocycles. The summed E-state index contributed by atoms with van der Waals surface area (Å²) in [7, 11) is 1.97. The van der Waals surface area contributed by atoms with E-state index in [0.29, 0.717) is 11.8 Å². The predicted molar refractivity (Wildman–Crippen MR) is 83.3 cm³/mol. The standard InChI is InChI=1S/C17H22N4O/c1-20-15-8-18-7-12-16(15)14(19-20)6-11(17(12)22)13-9-21-4-2-10(13)3-5-21/h7-8,10-11,13,17,22H,2-6,9H2,1H3/t11-,13?,17?/m1/s1. The maximum atomic E-state index is 11.0. The third kappa shape index (κ3) is 1.66. The lowest BCUT2D eigenvalue weighted by Gasteiger charge is -2.49. The summed E-state index contributed by atoms with van der Waals surface area (Å²) in [5.74, 6) is 1.67. The molecule has 3 aliphatic heterocycles. The van der Waals surface area contributed by atoms with Crippen LogP contribution >= 0.6 is 0 Å². The van der Waals surface area contributed by atoms with Gasteiger partial charge in [-0.2, -0.15) is 5.10 Å². The summed E-state index contributed by atoms with van der Waals surface area (Å²) in [4.78, 5) is 6.91. The maximum Gasteiger partial charge on any atom is 0.0868 e. The number of rotatable bonds is 1. The van der Waals surface area contributed by atoms with Crippen LogP contribution in [-0.4, -0.2) is 44.4 Å². The SMILES string of the molecule is Cn1nc2c3c(cncc31)C(O)[C@@H](C1CN3CCC1CC3)C2. The van der Waals surface area contributed by atoms with Crippen LogP contribution in [0.3, 0.4) is 0 Å². The van der Waals surface area contributed by atoms with E-state index in [-0.39, 0.29) is 0 Å². The van der Waals surface area contributed by atoms with Crippen molar-refractivity contribution in [2.75, 3.05) is 19.6 Å². The van der Waals surface area contributed by atoms with E-state index in [2.05, 4.69) is 9.88 Å². The van der Waals surface area contributed by atoms with Crippen molar-refractivity contribution < 1.29 is 5.11 Å². The molecular formula is C17H22N4O. The Balaban J connectivity index is 1.58. The van der Waals surface area contributed by atoms with Crippen molar-refractivity contribution in [3.63, 3.8) is 0 Å². The molecule has 2 aromatic heterocycles. The molecule has 0 amide bonds. The molecular weight excluding hydrogens is 276 g/mol. The minimum absolute atomic E-state index is 0.294. The first-order chi connectivity index (χ1) is 10.7. The predicted octanol–water partition coefficient (Wildman–Crippen LogP) is 1.52. The van der Waals surface area contributed by atoms with E-state index in [0.717, 1.165) is 41.0 Å². The van der Waals surface area contributed by atoms with E-state index >= 15 is 0 Å². The first-order valence-electron chi connectivity index (χ1n) is 8.42. The Kier molecular flexibility index (Phi) is 2.68. The monoisotopic (exact) mass is 298 g/mol. The Bertz CT molecular complexity index is 732. The number of hydrogen-bond acceptors (Lipinski definition) is 4. The fourth-order valence-electron chi connectivity index (χ4n) is 5.12. The molecule has 0 saturated carbocycles. The summed E-state index contributed by atoms with van der Waals surface area (Å²) in [5, 5.41) is 16.9. The van der Waals surface area contributed by atoms with Gasteiger partial charge >= 0.3 is 0 Å². The van der Waals surface area contributed by atoms with Crippen LogP contribution in [0.1, 0.15) is 30.2 Å². The largest absolute Gasteiger partial charge is 0.388 e. The highest BCUT2D eigenvalue weighted by Crippen LogP contribution is 2.46. The van der Waals surface area contributed by atoms with Gasteiger partial charge in [-0.3, -0.25) is 9.67 Å². The van der Waals surface area contributed by atoms with E-state index < -0.39 is 6.10 Å². The van der Waals surface area contributed by atoms with Crippen LogP contribution in [0.5, 0.6) is 0 Å². The molecule has 0 spiro atoms. The third-order valence-electron chi connectivity index (χ3n) is 6.27. The summed E-state index contributed by atoms with van der Waals surface area (Å²) in [6.07, 6.45) is 6.82. The molecule has 2 bridgehead atoms. The first-order valence-corrected chi connectivity index (χ1v) is 8.42. The van der Waals surface area contributed by atoms with E-state index in [4.69, 9.17) is 5.10 Å². The molecule has 0 radical (unpaired) electrons. The molecule has 1 N–H and O–H groups in total. The average molecular weight is 298 g/mol. The van der Waals surface area contributed by atoms with Crippen molar-refractivity contribution in [1.82, 2.24) is 19.7 Å². The van der Waals surface area contributed by atoms with Crippen LogP contribution < -0.4 is 0 Å². The van der Waals surface area contributed by atoms with Gasteiger partial charge in [0.25, 0.3) is 0 Å². The van der Waals surface area contributed by atoms with Crippen LogP contribution in [0.25, 0.3) is 10.9 Å². The summed E-state index contributed by atoms with van der Waals surface area (Å²) in [6, 6.07) is 0. The lowest BCUT2D eigenvalue weighted by Crippen LogP contribution is -2.51. The molecule has 2 aromatic rings. The van der Waals surface area contributed by atoms with E-state index in [9.17, 15) is 5.11 Å². The van der Waals surface area contributed by atoms with Crippen LogP contribution in [0.15, 0.2) is 12.4 Å². The topological polar surface area (TPSA) is 54.2 Å². The quantitative estimate of drug-likeness (QED) is 0.867. The third-order valence-corrected chi connectivity index (χ3v) is 6.27. The zero-order valence-electron chi connectivity index (χ0n) is 12.9. The van der Waals surface area contributed by atoms with Crippen molar-refractivity contribution >= 4 is 10.9 Å². The fourth-order valence-corrected chi connectivity index (χ4v) is 5.12. The molecule has 5 heteroatoms. The van der Waals surface area contributed by atoms with E-state index in [1.54, 1.807) is 0 Å². The van der Waals surface area contributed by atoms with Gasteiger partial charge in [0.1, 0.15) is 0 Å². The minimum atomic E-state index is -0.390. The van der Waals surface area contributed by atoms with Crippen LogP contribution in [0.4, 0.5) is 0 Å². The van der Waals surface area contributed by atoms with Gasteiger partial charge in [-0.15, -0.1) is 0 Å². The molecule has 22 heavy (non-hydrogen) atoms. The zero-order valence-corrected chi connectivity index (χ0v) is 12.9. The van der Waals surface area contributed by atoms with Gasteiger partial charge in [0.2, 0.25) is 0 Å². The van der Waals surface area contributed by atoms with Crippen LogP contribution in [0, 0.1) is 17.8 Å². The molecule has 3 fully saturated rings. The summed E-state index contributed by atoms with van der Waals surface area (Å²) >= 11 is 0. The zero-order chi connectivity index (χ0) is 14.8. The maximum absolute atomic E-state index is 11.0. The fraction of sp³-hybridized carbons (Fsp3) is 0.647. The molecule has 2 unspecified atom stereocenters. The molecule has 116 valence electrons. The lowest BCUT2D eigenvalue weighted by atomic mass is 9.67. The van der Waals surface area contributed by atoms with Gasteiger partial charge in [0.15, 0.2) is 0 Å². The molecule has 1 aliphatic carbocycles. The van der Waals surface area contributed by atoms with E-state index in [1.807, 2.05) is 24.1 Å². The Hall–Kier alpha value is -1.46. The van der Waals surface area contributed by atoms with E-state index in [1.165, 1.54) is 25.9 Å². The van der Waals surface area contributed by atoms with Crippen molar-refractivity contribution in [3.8, 4) is 0 Å². The van der Waals surface area contributed by atoms with Crippen LogP contribution in [0.2, 0.25) is 0 Å². The molecule has 5 nitrogen and oxygen atoms in total. The highest BCUT2D eigenvalue weighted by Gasteiger charge is 2.44. The summed E-state index contributed by atoms with van der Waals surface area (Å²) < 4.78 is 1.91. The number of nitrogens with zero attached hydrogens (tertiary/aromatic N) is 4. The van der Waals surface area contributed by atoms with Crippen molar-refractivity contribution in [2.45, 2.75) is 25.4 Å². The number of hydrogen-bond donors (Lipinski definition) is 1. The van der Waals surface area contributed by atoms with Gasteiger partial charge < -0.3 is 10.0 Å². The second-order valence-electron chi connectivity index (χ2n) is 7.31. The van der Waals surface area contributed by atoms with Crippen LogP contribution in [-0.2, 0) is 13.5 Å². The number of pyridine rings is 1. The number of fused-ring (bicyclic) bond motifs is 3. The molecule has 5 heterocycles. The summed E-state index contributed by atoms with van der Waals surface area (Å²) in [6.45, 7) is 3.64. The number of piperidine rings is 3. The Morgan fingerprint density at radius 3 is 2.73 bits per heavy atom. The van der Waals surface area contributed by atoms with Gasteiger partial charge in [-0.25, -0.2) is 0 Å². The second kappa shape index (κ2) is 4.52. The van der Waals surface area contributed by atoms with Crippen molar-refractivity contribution in [1.29, 1.82) is 0 Å². The summed E-state index contributed by atoms with van der Waals surface area (Å²) in [5.41, 5.74) is 3.19. The van der Waals surface area contributed by atoms with Gasteiger partial charge in [0, 0.05) is 30.7 Å². The molecule has 6 rings (SSSR count). The number of aliphatic hydroxyl groups is 1. The Labute approximate surface area is 129 Å². The van der Waals surface area contributed by atoms with Crippen molar-refractivity contribution in [2.24, 2.45) is 24.8 Å². The normalized spacial score (nSPS) is 36.9. The number of aryl methyl sites for hydroxylation is 1. The molecule has 3 atom stereocenters. The minimum Gasteiger partial charge on any atom is -0.388 e. The number of aromatic nitrogens is 3. The Morgan fingerprint density at radius 1 is 1.18 bits per heavy atom. The van der Waals surface area contributed by atoms with Gasteiger partial charge in [-0.1, -0.05) is 0 Å². The Morgan fingerprint density at radius 2 is 2.00 bits per heavy atom.